The van der Waals surface area contributed by atoms with Gasteiger partial charge in [-0.3, -0.25) is 0 Å². The van der Waals surface area contributed by atoms with Crippen LogP contribution >= 0.6 is 23.4 Å². The molecule has 4 nitrogen and oxygen atoms in total. The Hall–Kier alpha value is -1.47. The van der Waals surface area contributed by atoms with Crippen LogP contribution in [0.5, 0.6) is 6.01 Å². The lowest BCUT2D eigenvalue weighted by Gasteiger charge is -2.05. The first-order valence-electron chi connectivity index (χ1n) is 5.75. The molecular formula is C12H10ClF2N3OS. The molecule has 1 aromatic heterocycles. The fraction of sp³-hybridized carbons (Fsp3) is 0.250. The van der Waals surface area contributed by atoms with Gasteiger partial charge in [0, 0.05) is 0 Å². The zero-order valence-corrected chi connectivity index (χ0v) is 12.0. The first-order chi connectivity index (χ1) is 9.58. The van der Waals surface area contributed by atoms with Crippen molar-refractivity contribution in [1.82, 2.24) is 15.0 Å². The van der Waals surface area contributed by atoms with Gasteiger partial charge in [-0.05, 0) is 48.0 Å². The molecule has 2 rings (SSSR count). The molecule has 1 heterocycles. The Bertz CT molecular complexity index is 615. The predicted octanol–water partition coefficient (Wildman–Crippen LogP) is 3.74. The van der Waals surface area contributed by atoms with Gasteiger partial charge in [-0.15, -0.1) is 0 Å². The molecule has 0 unspecified atom stereocenters. The molecule has 0 aliphatic rings. The van der Waals surface area contributed by atoms with Gasteiger partial charge < -0.3 is 4.74 Å². The highest BCUT2D eigenvalue weighted by atomic mass is 35.5. The molecule has 0 N–H and O–H groups in total. The first kappa shape index (κ1) is 14.9. The maximum absolute atomic E-state index is 13.5. The van der Waals surface area contributed by atoms with E-state index in [1.54, 1.807) is 0 Å². The van der Waals surface area contributed by atoms with Gasteiger partial charge in [-0.1, -0.05) is 6.92 Å². The van der Waals surface area contributed by atoms with Gasteiger partial charge in [0.15, 0.2) is 5.16 Å². The quantitative estimate of drug-likeness (QED) is 0.840. The first-order valence-corrected chi connectivity index (χ1v) is 6.95. The van der Waals surface area contributed by atoms with Crippen LogP contribution in [0.3, 0.4) is 0 Å². The van der Waals surface area contributed by atoms with E-state index in [1.807, 2.05) is 6.92 Å². The van der Waals surface area contributed by atoms with E-state index in [4.69, 9.17) is 16.3 Å². The third-order valence-electron chi connectivity index (χ3n) is 2.10. The summed E-state index contributed by atoms with van der Waals surface area (Å²) in [6.45, 7) is 2.36. The summed E-state index contributed by atoms with van der Waals surface area (Å²) in [7, 11) is 0. The van der Waals surface area contributed by atoms with E-state index >= 15 is 0 Å². The molecule has 0 saturated heterocycles. The van der Waals surface area contributed by atoms with Gasteiger partial charge in [0.05, 0.1) is 11.5 Å². The highest BCUT2D eigenvalue weighted by Gasteiger charge is 2.11. The summed E-state index contributed by atoms with van der Waals surface area (Å²) in [5, 5.41) is 0.0750. The van der Waals surface area contributed by atoms with Crippen LogP contribution < -0.4 is 4.74 Å². The Balaban J connectivity index is 2.24. The minimum absolute atomic E-state index is 0.0613. The molecule has 0 fully saturated rings. The van der Waals surface area contributed by atoms with Crippen molar-refractivity contribution in [3.8, 4) is 6.01 Å². The fourth-order valence-electron chi connectivity index (χ4n) is 1.27. The Labute approximate surface area is 123 Å². The Morgan fingerprint density at radius 1 is 1.25 bits per heavy atom. The second-order valence-electron chi connectivity index (χ2n) is 3.69. The molecular weight excluding hydrogens is 308 g/mol. The van der Waals surface area contributed by atoms with Crippen LogP contribution in [-0.4, -0.2) is 21.6 Å². The summed E-state index contributed by atoms with van der Waals surface area (Å²) in [5.74, 6) is -1.11. The smallest absolute Gasteiger partial charge is 0.321 e. The van der Waals surface area contributed by atoms with E-state index in [0.717, 1.165) is 36.4 Å². The SMILES string of the molecule is CCCOc1nc(Cl)nc(Sc2cc(F)ccc2F)n1. The van der Waals surface area contributed by atoms with Crippen molar-refractivity contribution in [2.75, 3.05) is 6.61 Å². The van der Waals surface area contributed by atoms with Crippen LogP contribution in [0.25, 0.3) is 0 Å². The fourth-order valence-corrected chi connectivity index (χ4v) is 2.26. The summed E-state index contributed by atoms with van der Waals surface area (Å²) in [6, 6.07) is 3.19. The maximum Gasteiger partial charge on any atom is 0.321 e. The molecule has 2 aromatic rings. The van der Waals surface area contributed by atoms with Gasteiger partial charge in [0.1, 0.15) is 11.6 Å². The van der Waals surface area contributed by atoms with Crippen LogP contribution in [0.2, 0.25) is 5.28 Å². The van der Waals surface area contributed by atoms with Crippen molar-refractivity contribution < 1.29 is 13.5 Å². The third kappa shape index (κ3) is 4.01. The van der Waals surface area contributed by atoms with Gasteiger partial charge in [-0.2, -0.15) is 15.0 Å². The van der Waals surface area contributed by atoms with Gasteiger partial charge >= 0.3 is 6.01 Å². The number of benzene rings is 1. The maximum atomic E-state index is 13.5. The Kier molecular flexibility index (Phi) is 5.08. The topological polar surface area (TPSA) is 47.9 Å². The van der Waals surface area contributed by atoms with Gasteiger partial charge in [-0.25, -0.2) is 8.78 Å². The summed E-state index contributed by atoms with van der Waals surface area (Å²) in [4.78, 5) is 11.7. The molecule has 106 valence electrons. The predicted molar refractivity (Wildman–Crippen MR) is 71.1 cm³/mol. The van der Waals surface area contributed by atoms with E-state index in [0.29, 0.717) is 6.61 Å². The Morgan fingerprint density at radius 2 is 2.05 bits per heavy atom. The summed E-state index contributed by atoms with van der Waals surface area (Å²) in [5.41, 5.74) is 0. The van der Waals surface area contributed by atoms with E-state index in [1.165, 1.54) is 0 Å². The largest absolute Gasteiger partial charge is 0.463 e. The molecule has 1 aromatic carbocycles. The molecule has 0 bridgehead atoms. The van der Waals surface area contributed by atoms with E-state index in [-0.39, 0.29) is 21.3 Å². The highest BCUT2D eigenvalue weighted by Crippen LogP contribution is 2.29. The van der Waals surface area contributed by atoms with Crippen molar-refractivity contribution in [3.63, 3.8) is 0 Å². The molecule has 0 radical (unpaired) electrons. The van der Waals surface area contributed by atoms with Crippen LogP contribution in [0.1, 0.15) is 13.3 Å². The highest BCUT2D eigenvalue weighted by molar-refractivity contribution is 7.99. The summed E-state index contributed by atoms with van der Waals surface area (Å²) in [6.07, 6.45) is 0.782. The second kappa shape index (κ2) is 6.81. The molecule has 0 atom stereocenters. The van der Waals surface area contributed by atoms with E-state index in [9.17, 15) is 8.78 Å². The van der Waals surface area contributed by atoms with Crippen molar-refractivity contribution in [1.29, 1.82) is 0 Å². The number of hydrogen-bond donors (Lipinski definition) is 0. The minimum Gasteiger partial charge on any atom is -0.463 e. The minimum atomic E-state index is -0.566. The zero-order chi connectivity index (χ0) is 14.5. The normalized spacial score (nSPS) is 10.6. The number of ether oxygens (including phenoxy) is 1. The third-order valence-corrected chi connectivity index (χ3v) is 3.16. The molecule has 0 aliphatic carbocycles. The van der Waals surface area contributed by atoms with Gasteiger partial charge in [0.2, 0.25) is 5.28 Å². The average Bonchev–Trinajstić information content (AvgIpc) is 2.40. The lowest BCUT2D eigenvalue weighted by molar-refractivity contribution is 0.288. The lowest BCUT2D eigenvalue weighted by Crippen LogP contribution is -2.02. The molecule has 0 aliphatic heterocycles. The summed E-state index contributed by atoms with van der Waals surface area (Å²) < 4.78 is 31.9. The number of rotatable bonds is 5. The van der Waals surface area contributed by atoms with Crippen LogP contribution in [0.15, 0.2) is 28.3 Å². The molecule has 20 heavy (non-hydrogen) atoms. The molecule has 0 saturated carbocycles. The number of hydrogen-bond acceptors (Lipinski definition) is 5. The molecule has 0 spiro atoms. The summed E-state index contributed by atoms with van der Waals surface area (Å²) >= 11 is 6.59. The zero-order valence-electron chi connectivity index (χ0n) is 10.4. The van der Waals surface area contributed by atoms with Gasteiger partial charge in [0.25, 0.3) is 0 Å². The average molecular weight is 318 g/mol. The molecule has 8 heteroatoms. The second-order valence-corrected chi connectivity index (χ2v) is 5.04. The van der Waals surface area contributed by atoms with Crippen LogP contribution in [0, 0.1) is 11.6 Å². The Morgan fingerprint density at radius 3 is 2.80 bits per heavy atom. The monoisotopic (exact) mass is 317 g/mol. The van der Waals surface area contributed by atoms with E-state index in [2.05, 4.69) is 15.0 Å². The van der Waals surface area contributed by atoms with Crippen molar-refractivity contribution in [3.05, 3.63) is 35.1 Å². The van der Waals surface area contributed by atoms with Crippen molar-refractivity contribution in [2.45, 2.75) is 23.4 Å². The number of nitrogens with zero attached hydrogens (tertiary/aromatic N) is 3. The van der Waals surface area contributed by atoms with Crippen LogP contribution in [-0.2, 0) is 0 Å². The lowest BCUT2D eigenvalue weighted by atomic mass is 10.3. The number of halogens is 3. The van der Waals surface area contributed by atoms with E-state index < -0.39 is 11.6 Å². The molecule has 0 amide bonds. The van der Waals surface area contributed by atoms with Crippen LogP contribution in [0.4, 0.5) is 8.78 Å². The van der Waals surface area contributed by atoms with Crippen molar-refractivity contribution >= 4 is 23.4 Å². The van der Waals surface area contributed by atoms with Crippen molar-refractivity contribution in [2.24, 2.45) is 0 Å². The standard InChI is InChI=1S/C12H10ClF2N3OS/c1-2-5-19-11-16-10(13)17-12(18-11)20-9-6-7(14)3-4-8(9)15/h3-4,6H,2,5H2,1H3. The number of aromatic nitrogens is 3.